The van der Waals surface area contributed by atoms with Gasteiger partial charge in [0.05, 0.1) is 10.4 Å². The lowest BCUT2D eigenvalue weighted by Gasteiger charge is -2.17. The molecule has 0 bridgehead atoms. The Hall–Kier alpha value is -0.420. The maximum absolute atomic E-state index is 13.5. The van der Waals surface area contributed by atoms with Crippen LogP contribution in [0.3, 0.4) is 0 Å². The molecule has 0 aliphatic carbocycles. The van der Waals surface area contributed by atoms with Gasteiger partial charge in [-0.05, 0) is 48.9 Å². The van der Waals surface area contributed by atoms with Gasteiger partial charge in [0.1, 0.15) is 5.82 Å². The molecule has 102 valence electrons. The highest BCUT2D eigenvalue weighted by molar-refractivity contribution is 9.10. The van der Waals surface area contributed by atoms with Crippen molar-refractivity contribution in [2.24, 2.45) is 0 Å². The first-order valence-electron chi connectivity index (χ1n) is 5.96. The summed E-state index contributed by atoms with van der Waals surface area (Å²) in [7, 11) is 0. The Morgan fingerprint density at radius 2 is 2.11 bits per heavy atom. The number of aryl methyl sites for hydroxylation is 1. The Kier molecular flexibility index (Phi) is 5.01. The van der Waals surface area contributed by atoms with E-state index in [0.29, 0.717) is 0 Å². The van der Waals surface area contributed by atoms with E-state index in [1.807, 2.05) is 19.9 Å². The fourth-order valence-electron chi connectivity index (χ4n) is 1.95. The molecule has 0 aliphatic heterocycles. The highest BCUT2D eigenvalue weighted by Crippen LogP contribution is 2.35. The van der Waals surface area contributed by atoms with Crippen molar-refractivity contribution >= 4 is 38.9 Å². The third-order valence-electron chi connectivity index (χ3n) is 2.79. The van der Waals surface area contributed by atoms with Gasteiger partial charge in [-0.3, -0.25) is 0 Å². The first-order valence-corrected chi connectivity index (χ1v) is 7.95. The third kappa shape index (κ3) is 3.57. The molecule has 1 N–H and O–H groups in total. The van der Waals surface area contributed by atoms with Gasteiger partial charge < -0.3 is 5.32 Å². The van der Waals surface area contributed by atoms with Gasteiger partial charge in [-0.15, -0.1) is 11.3 Å². The van der Waals surface area contributed by atoms with Crippen LogP contribution in [0.15, 0.2) is 28.7 Å². The number of hydrogen-bond acceptors (Lipinski definition) is 2. The van der Waals surface area contributed by atoms with Crippen molar-refractivity contribution in [2.45, 2.75) is 19.9 Å². The van der Waals surface area contributed by atoms with E-state index in [2.05, 4.69) is 27.3 Å². The molecule has 0 saturated heterocycles. The summed E-state index contributed by atoms with van der Waals surface area (Å²) in [5.41, 5.74) is 1.95. The van der Waals surface area contributed by atoms with Crippen LogP contribution in [-0.4, -0.2) is 6.54 Å². The molecule has 2 aromatic rings. The molecule has 19 heavy (non-hydrogen) atoms. The van der Waals surface area contributed by atoms with Crippen LogP contribution in [0.1, 0.15) is 29.0 Å². The minimum absolute atomic E-state index is 0.0341. The van der Waals surface area contributed by atoms with E-state index in [1.54, 1.807) is 6.07 Å². The number of halogens is 3. The number of nitrogens with one attached hydrogen (secondary N) is 1. The summed E-state index contributed by atoms with van der Waals surface area (Å²) in [5, 5.41) is 3.37. The number of thiophene rings is 1. The molecule has 0 radical (unpaired) electrons. The lowest BCUT2D eigenvalue weighted by Crippen LogP contribution is -2.21. The van der Waals surface area contributed by atoms with Crippen LogP contribution in [-0.2, 0) is 0 Å². The van der Waals surface area contributed by atoms with Gasteiger partial charge in [-0.25, -0.2) is 4.39 Å². The quantitative estimate of drug-likeness (QED) is 0.777. The Bertz CT molecular complexity index is 545. The highest BCUT2D eigenvalue weighted by Gasteiger charge is 2.17. The molecule has 1 unspecified atom stereocenters. The van der Waals surface area contributed by atoms with Gasteiger partial charge in [0.15, 0.2) is 0 Å². The Morgan fingerprint density at radius 1 is 1.37 bits per heavy atom. The number of hydrogen-bond donors (Lipinski definition) is 1. The number of rotatable bonds is 4. The van der Waals surface area contributed by atoms with E-state index < -0.39 is 0 Å². The van der Waals surface area contributed by atoms with Crippen molar-refractivity contribution in [2.75, 3.05) is 6.54 Å². The maximum Gasteiger partial charge on any atom is 0.124 e. The zero-order valence-corrected chi connectivity index (χ0v) is 13.8. The van der Waals surface area contributed by atoms with Crippen LogP contribution in [0.4, 0.5) is 4.39 Å². The van der Waals surface area contributed by atoms with E-state index in [1.165, 1.54) is 17.4 Å². The second-order valence-corrected chi connectivity index (χ2v) is 6.90. The van der Waals surface area contributed by atoms with Crippen molar-refractivity contribution in [3.8, 4) is 0 Å². The van der Waals surface area contributed by atoms with Crippen LogP contribution in [0.25, 0.3) is 0 Å². The summed E-state index contributed by atoms with van der Waals surface area (Å²) in [6.07, 6.45) is 0. The van der Waals surface area contributed by atoms with Gasteiger partial charge in [-0.2, -0.15) is 0 Å². The molecule has 0 aliphatic rings. The molecule has 1 atom stereocenters. The molecule has 1 aromatic carbocycles. The predicted octanol–water partition coefficient (Wildman–Crippen LogP) is 5.31. The molecule has 2 rings (SSSR count). The molecule has 1 heterocycles. The third-order valence-corrected chi connectivity index (χ3v) is 4.87. The molecule has 1 aromatic heterocycles. The lowest BCUT2D eigenvalue weighted by molar-refractivity contribution is 0.606. The average Bonchev–Trinajstić information content (AvgIpc) is 2.65. The topological polar surface area (TPSA) is 12.0 Å². The van der Waals surface area contributed by atoms with E-state index >= 15 is 0 Å². The van der Waals surface area contributed by atoms with Gasteiger partial charge in [0.2, 0.25) is 0 Å². The predicted molar refractivity (Wildman–Crippen MR) is 83.7 cm³/mol. The van der Waals surface area contributed by atoms with Crippen molar-refractivity contribution in [3.63, 3.8) is 0 Å². The fraction of sp³-hybridized carbons (Fsp3) is 0.286. The molecule has 0 saturated carbocycles. The van der Waals surface area contributed by atoms with Crippen molar-refractivity contribution in [1.82, 2.24) is 5.32 Å². The maximum atomic E-state index is 13.5. The Labute approximate surface area is 129 Å². The van der Waals surface area contributed by atoms with Crippen LogP contribution >= 0.6 is 38.9 Å². The van der Waals surface area contributed by atoms with Gasteiger partial charge >= 0.3 is 0 Å². The van der Waals surface area contributed by atoms with Crippen molar-refractivity contribution in [1.29, 1.82) is 0 Å². The van der Waals surface area contributed by atoms with Gasteiger partial charge in [0, 0.05) is 9.35 Å². The van der Waals surface area contributed by atoms with Crippen LogP contribution in [0, 0.1) is 12.7 Å². The standard InChI is InChI=1S/C14H14BrClFNS/c1-3-18-13(12-4-8(2)14(16)19-12)9-5-10(15)7-11(17)6-9/h4-7,13,18H,3H2,1-2H3. The zero-order valence-electron chi connectivity index (χ0n) is 10.6. The van der Waals surface area contributed by atoms with E-state index in [0.717, 1.165) is 31.4 Å². The molecular weight excluding hydrogens is 349 g/mol. The van der Waals surface area contributed by atoms with Crippen molar-refractivity contribution < 1.29 is 4.39 Å². The van der Waals surface area contributed by atoms with Gasteiger partial charge in [0.25, 0.3) is 0 Å². The number of benzene rings is 1. The van der Waals surface area contributed by atoms with E-state index in [-0.39, 0.29) is 11.9 Å². The smallest absolute Gasteiger partial charge is 0.124 e. The first-order chi connectivity index (χ1) is 9.01. The molecule has 5 heteroatoms. The molecule has 0 fully saturated rings. The van der Waals surface area contributed by atoms with Crippen LogP contribution in [0.2, 0.25) is 4.34 Å². The van der Waals surface area contributed by atoms with Crippen LogP contribution in [0.5, 0.6) is 0 Å². The second kappa shape index (κ2) is 6.35. The lowest BCUT2D eigenvalue weighted by atomic mass is 10.0. The Morgan fingerprint density at radius 3 is 2.63 bits per heavy atom. The van der Waals surface area contributed by atoms with E-state index in [4.69, 9.17) is 11.6 Å². The summed E-state index contributed by atoms with van der Waals surface area (Å²) in [5.74, 6) is -0.244. The Balaban J connectivity index is 2.44. The molecule has 0 spiro atoms. The minimum atomic E-state index is -0.244. The zero-order chi connectivity index (χ0) is 14.0. The highest BCUT2D eigenvalue weighted by atomic mass is 79.9. The largest absolute Gasteiger partial charge is 0.306 e. The summed E-state index contributed by atoms with van der Waals surface area (Å²) >= 11 is 11.0. The molecule has 0 amide bonds. The van der Waals surface area contributed by atoms with E-state index in [9.17, 15) is 4.39 Å². The second-order valence-electron chi connectivity index (χ2n) is 4.30. The van der Waals surface area contributed by atoms with Gasteiger partial charge in [-0.1, -0.05) is 34.5 Å². The summed E-state index contributed by atoms with van der Waals surface area (Å²) in [4.78, 5) is 1.10. The monoisotopic (exact) mass is 361 g/mol. The van der Waals surface area contributed by atoms with Crippen LogP contribution < -0.4 is 5.32 Å². The molecule has 1 nitrogen and oxygen atoms in total. The summed E-state index contributed by atoms with van der Waals surface area (Å²) in [6, 6.07) is 6.96. The summed E-state index contributed by atoms with van der Waals surface area (Å²) < 4.78 is 15.1. The SMILES string of the molecule is CCNC(c1cc(F)cc(Br)c1)c1cc(C)c(Cl)s1. The van der Waals surface area contributed by atoms with Crippen molar-refractivity contribution in [3.05, 3.63) is 54.9 Å². The first kappa shape index (κ1) is 15.0. The summed E-state index contributed by atoms with van der Waals surface area (Å²) in [6.45, 7) is 4.81. The fourth-order valence-corrected chi connectivity index (χ4v) is 3.76. The molecular formula is C14H14BrClFNS. The minimum Gasteiger partial charge on any atom is -0.306 e. The normalized spacial score (nSPS) is 12.7. The average molecular weight is 363 g/mol.